The van der Waals surface area contributed by atoms with Crippen molar-refractivity contribution in [2.75, 3.05) is 6.61 Å². The average Bonchev–Trinajstić information content (AvgIpc) is 2.27. The van der Waals surface area contributed by atoms with Gasteiger partial charge in [0, 0.05) is 5.71 Å². The van der Waals surface area contributed by atoms with Crippen LogP contribution in [-0.2, 0) is 14.3 Å². The van der Waals surface area contributed by atoms with Gasteiger partial charge in [0.25, 0.3) is 5.91 Å². The van der Waals surface area contributed by atoms with Crippen LogP contribution >= 0.6 is 0 Å². The second-order valence-corrected chi connectivity index (χ2v) is 3.28. The van der Waals surface area contributed by atoms with E-state index >= 15 is 0 Å². The molecule has 0 aromatic rings. The third-order valence-electron chi connectivity index (χ3n) is 1.77. The number of hydrogen-bond donors (Lipinski definition) is 1. The summed E-state index contributed by atoms with van der Waals surface area (Å²) in [4.78, 5) is 22.2. The van der Waals surface area contributed by atoms with E-state index in [9.17, 15) is 9.59 Å². The first-order valence-electron chi connectivity index (χ1n) is 5.50. The average molecular weight is 239 g/mol. The van der Waals surface area contributed by atoms with E-state index in [4.69, 9.17) is 10.00 Å². The minimum absolute atomic E-state index is 0.0640. The van der Waals surface area contributed by atoms with Gasteiger partial charge in [0.05, 0.1) is 19.1 Å². The lowest BCUT2D eigenvalue weighted by Gasteiger charge is -2.05. The lowest BCUT2D eigenvalue weighted by atomic mass is 10.2. The first-order valence-corrected chi connectivity index (χ1v) is 5.50. The van der Waals surface area contributed by atoms with Crippen molar-refractivity contribution in [1.82, 2.24) is 5.43 Å². The largest absolute Gasteiger partial charge is 0.466 e. The normalized spacial score (nSPS) is 10.5. The molecule has 0 saturated carbocycles. The number of amides is 1. The molecule has 0 aromatic carbocycles. The van der Waals surface area contributed by atoms with Crippen molar-refractivity contribution in [3.8, 4) is 6.07 Å². The lowest BCUT2D eigenvalue weighted by Crippen LogP contribution is -2.20. The number of esters is 1. The van der Waals surface area contributed by atoms with Gasteiger partial charge in [-0.2, -0.15) is 10.4 Å². The molecule has 0 bridgehead atoms. The summed E-state index contributed by atoms with van der Waals surface area (Å²) in [6, 6.07) is 1.71. The zero-order chi connectivity index (χ0) is 13.1. The number of carbonyl (C=O) groups excluding carboxylic acids is 2. The van der Waals surface area contributed by atoms with Crippen LogP contribution in [0.3, 0.4) is 0 Å². The van der Waals surface area contributed by atoms with Crippen LogP contribution in [0, 0.1) is 11.3 Å². The molecule has 17 heavy (non-hydrogen) atoms. The highest BCUT2D eigenvalue weighted by molar-refractivity contribution is 5.99. The van der Waals surface area contributed by atoms with Crippen LogP contribution in [0.2, 0.25) is 0 Å². The number of hydrogen-bond acceptors (Lipinski definition) is 5. The molecule has 0 radical (unpaired) electrons. The van der Waals surface area contributed by atoms with E-state index in [0.717, 1.165) is 6.42 Å². The van der Waals surface area contributed by atoms with Gasteiger partial charge in [0.1, 0.15) is 6.42 Å². The van der Waals surface area contributed by atoms with E-state index in [-0.39, 0.29) is 18.8 Å². The Morgan fingerprint density at radius 2 is 2.12 bits per heavy atom. The molecule has 0 aromatic heterocycles. The third kappa shape index (κ3) is 7.96. The Morgan fingerprint density at radius 3 is 2.65 bits per heavy atom. The summed E-state index contributed by atoms with van der Waals surface area (Å²) in [5.74, 6) is -0.848. The third-order valence-corrected chi connectivity index (χ3v) is 1.77. The number of hydrazone groups is 1. The molecule has 6 nitrogen and oxygen atoms in total. The Hall–Kier alpha value is -1.90. The minimum atomic E-state index is -0.482. The van der Waals surface area contributed by atoms with Gasteiger partial charge in [-0.3, -0.25) is 9.59 Å². The van der Waals surface area contributed by atoms with Gasteiger partial charge >= 0.3 is 5.97 Å². The van der Waals surface area contributed by atoms with Crippen molar-refractivity contribution in [2.24, 2.45) is 5.10 Å². The number of nitriles is 1. The van der Waals surface area contributed by atoms with Crippen molar-refractivity contribution >= 4 is 17.6 Å². The Labute approximate surface area is 101 Å². The fourth-order valence-electron chi connectivity index (χ4n) is 1.10. The second kappa shape index (κ2) is 9.33. The van der Waals surface area contributed by atoms with Crippen molar-refractivity contribution in [3.63, 3.8) is 0 Å². The lowest BCUT2D eigenvalue weighted by molar-refractivity contribution is -0.141. The monoisotopic (exact) mass is 239 g/mol. The van der Waals surface area contributed by atoms with Crippen molar-refractivity contribution < 1.29 is 14.3 Å². The van der Waals surface area contributed by atoms with E-state index < -0.39 is 5.91 Å². The van der Waals surface area contributed by atoms with Gasteiger partial charge < -0.3 is 4.74 Å². The summed E-state index contributed by atoms with van der Waals surface area (Å²) in [6.45, 7) is 3.99. The maximum absolute atomic E-state index is 11.2. The number of rotatable bonds is 7. The van der Waals surface area contributed by atoms with Crippen LogP contribution in [0.5, 0.6) is 0 Å². The topological polar surface area (TPSA) is 91.5 Å². The molecule has 0 spiro atoms. The molecule has 1 amide bonds. The smallest absolute Gasteiger partial charge is 0.311 e. The van der Waals surface area contributed by atoms with Gasteiger partial charge in [-0.1, -0.05) is 13.3 Å². The summed E-state index contributed by atoms with van der Waals surface area (Å²) in [6.07, 6.45) is 1.23. The maximum atomic E-state index is 11.2. The molecular formula is C11H17N3O3. The summed E-state index contributed by atoms with van der Waals surface area (Å²) in [7, 11) is 0. The highest BCUT2D eigenvalue weighted by Crippen LogP contribution is 1.99. The van der Waals surface area contributed by atoms with Crippen LogP contribution in [0.15, 0.2) is 5.10 Å². The Kier molecular flexibility index (Phi) is 8.29. The van der Waals surface area contributed by atoms with E-state index in [0.29, 0.717) is 18.7 Å². The number of nitrogens with zero attached hydrogens (tertiary/aromatic N) is 2. The van der Waals surface area contributed by atoms with Crippen LogP contribution in [0.25, 0.3) is 0 Å². The van der Waals surface area contributed by atoms with Crippen LogP contribution in [-0.4, -0.2) is 24.2 Å². The van der Waals surface area contributed by atoms with Gasteiger partial charge in [-0.05, 0) is 13.3 Å². The van der Waals surface area contributed by atoms with Gasteiger partial charge in [0.2, 0.25) is 0 Å². The van der Waals surface area contributed by atoms with Crippen LogP contribution in [0.4, 0.5) is 0 Å². The molecule has 1 N–H and O–H groups in total. The summed E-state index contributed by atoms with van der Waals surface area (Å²) in [5.41, 5.74) is 2.79. The van der Waals surface area contributed by atoms with E-state index in [1.54, 1.807) is 13.0 Å². The Morgan fingerprint density at radius 1 is 1.41 bits per heavy atom. The summed E-state index contributed by atoms with van der Waals surface area (Å²) < 4.78 is 4.79. The van der Waals surface area contributed by atoms with E-state index in [1.807, 2.05) is 6.92 Å². The standard InChI is InChI=1S/C11H17N3O3/c1-3-5-9(8-11(16)17-4-2)13-14-10(15)6-7-12/h3-6,8H2,1-2H3,(H,14,15). The Balaban J connectivity index is 4.30. The number of nitrogens with one attached hydrogen (secondary N) is 1. The fraction of sp³-hybridized carbons (Fsp3) is 0.636. The van der Waals surface area contributed by atoms with E-state index in [1.165, 1.54) is 0 Å². The molecule has 94 valence electrons. The molecular weight excluding hydrogens is 222 g/mol. The molecule has 6 heteroatoms. The maximum Gasteiger partial charge on any atom is 0.311 e. The molecule has 0 unspecified atom stereocenters. The fourth-order valence-corrected chi connectivity index (χ4v) is 1.10. The van der Waals surface area contributed by atoms with Crippen LogP contribution in [0.1, 0.15) is 39.5 Å². The molecule has 0 aliphatic carbocycles. The van der Waals surface area contributed by atoms with Crippen molar-refractivity contribution in [2.45, 2.75) is 39.5 Å². The highest BCUT2D eigenvalue weighted by Gasteiger charge is 2.08. The van der Waals surface area contributed by atoms with Gasteiger partial charge in [-0.15, -0.1) is 0 Å². The number of ether oxygens (including phenoxy) is 1. The molecule has 0 rings (SSSR count). The van der Waals surface area contributed by atoms with Crippen molar-refractivity contribution in [1.29, 1.82) is 5.26 Å². The second-order valence-electron chi connectivity index (χ2n) is 3.28. The van der Waals surface area contributed by atoms with Gasteiger partial charge in [0.15, 0.2) is 0 Å². The predicted molar refractivity (Wildman–Crippen MR) is 62.0 cm³/mol. The molecule has 0 fully saturated rings. The molecule has 0 saturated heterocycles. The first kappa shape index (κ1) is 15.1. The minimum Gasteiger partial charge on any atom is -0.466 e. The molecule has 0 atom stereocenters. The van der Waals surface area contributed by atoms with Crippen LogP contribution < -0.4 is 5.43 Å². The van der Waals surface area contributed by atoms with E-state index in [2.05, 4.69) is 10.5 Å². The predicted octanol–water partition coefficient (Wildman–Crippen LogP) is 1.13. The van der Waals surface area contributed by atoms with Crippen molar-refractivity contribution in [3.05, 3.63) is 0 Å². The highest BCUT2D eigenvalue weighted by atomic mass is 16.5. The Bertz CT molecular complexity index is 331. The first-order chi connectivity index (χ1) is 8.13. The SMILES string of the molecule is CCCC(CC(=O)OCC)=NNC(=O)CC#N. The quantitative estimate of drug-likeness (QED) is 0.409. The molecule has 0 aliphatic rings. The van der Waals surface area contributed by atoms with Gasteiger partial charge in [-0.25, -0.2) is 5.43 Å². The molecule has 0 heterocycles. The zero-order valence-electron chi connectivity index (χ0n) is 10.2. The summed E-state index contributed by atoms with van der Waals surface area (Å²) in [5, 5.41) is 12.1. The number of carbonyl (C=O) groups is 2. The molecule has 0 aliphatic heterocycles. The summed E-state index contributed by atoms with van der Waals surface area (Å²) >= 11 is 0. The zero-order valence-corrected chi connectivity index (χ0v) is 10.2.